The fourth-order valence-corrected chi connectivity index (χ4v) is 2.83. The summed E-state index contributed by atoms with van der Waals surface area (Å²) in [7, 11) is 1.34. The maximum atomic E-state index is 11.5. The molecule has 1 heterocycles. The number of nitrogens with two attached hydrogens (primary N) is 1. The number of methoxy groups -OCH3 is 1. The van der Waals surface area contributed by atoms with Crippen molar-refractivity contribution in [3.8, 4) is 0 Å². The molecule has 2 aromatic rings. The van der Waals surface area contributed by atoms with Gasteiger partial charge in [-0.25, -0.2) is 4.79 Å². The number of carbonyl (C=O) groups excluding carboxylic acids is 1. The first-order valence-corrected chi connectivity index (χ1v) is 7.23. The van der Waals surface area contributed by atoms with Crippen molar-refractivity contribution in [3.63, 3.8) is 0 Å². The maximum Gasteiger partial charge on any atom is 0.341 e. The Hall–Kier alpha value is -1.59. The zero-order chi connectivity index (χ0) is 14.7. The Morgan fingerprint density at radius 1 is 1.45 bits per heavy atom. The van der Waals surface area contributed by atoms with E-state index in [0.29, 0.717) is 33.5 Å². The Morgan fingerprint density at radius 2 is 2.20 bits per heavy atom. The third kappa shape index (κ3) is 3.29. The van der Waals surface area contributed by atoms with Gasteiger partial charge in [0.25, 0.3) is 0 Å². The number of thioether (sulfide) groups is 1. The smallest absolute Gasteiger partial charge is 0.341 e. The fourth-order valence-electron chi connectivity index (χ4n) is 1.71. The number of nitrogen functional groups attached to an aromatic ring is 1. The summed E-state index contributed by atoms with van der Waals surface area (Å²) in [4.78, 5) is 12.4. The van der Waals surface area contributed by atoms with E-state index in [9.17, 15) is 4.79 Å². The van der Waals surface area contributed by atoms with Crippen LogP contribution >= 0.6 is 23.4 Å². The Bertz CT molecular complexity index is 639. The zero-order valence-corrected chi connectivity index (χ0v) is 12.7. The molecular formula is C14H14ClNO3S. The van der Waals surface area contributed by atoms with Gasteiger partial charge in [0.15, 0.2) is 0 Å². The predicted octanol–water partition coefficient (Wildman–Crippen LogP) is 3.90. The Labute approximate surface area is 126 Å². The van der Waals surface area contributed by atoms with Crippen LogP contribution in [0.15, 0.2) is 33.6 Å². The third-order valence-corrected chi connectivity index (χ3v) is 4.05. The minimum Gasteiger partial charge on any atom is -0.465 e. The van der Waals surface area contributed by atoms with Crippen molar-refractivity contribution in [1.82, 2.24) is 0 Å². The molecule has 0 bridgehead atoms. The second kappa shape index (κ2) is 6.24. The minimum atomic E-state index is -0.398. The molecule has 0 spiro atoms. The van der Waals surface area contributed by atoms with Crippen LogP contribution in [0.4, 0.5) is 5.69 Å². The lowest BCUT2D eigenvalue weighted by molar-refractivity contribution is 0.0599. The SMILES string of the molecule is COC(=O)c1cc(CSc2cc(Cl)ccc2N)oc1C. The minimum absolute atomic E-state index is 0.398. The van der Waals surface area contributed by atoms with Crippen molar-refractivity contribution in [2.75, 3.05) is 12.8 Å². The molecule has 1 aromatic carbocycles. The Balaban J connectivity index is 2.11. The Kier molecular flexibility index (Phi) is 4.62. The van der Waals surface area contributed by atoms with E-state index in [1.807, 2.05) is 0 Å². The molecule has 0 aliphatic heterocycles. The molecule has 2 rings (SSSR count). The molecule has 0 unspecified atom stereocenters. The maximum absolute atomic E-state index is 11.5. The van der Waals surface area contributed by atoms with Crippen LogP contribution < -0.4 is 5.73 Å². The van der Waals surface area contributed by atoms with Gasteiger partial charge in [-0.1, -0.05) is 11.6 Å². The number of benzene rings is 1. The molecule has 4 nitrogen and oxygen atoms in total. The molecule has 0 aliphatic rings. The van der Waals surface area contributed by atoms with Gasteiger partial charge in [0.2, 0.25) is 0 Å². The van der Waals surface area contributed by atoms with E-state index in [1.54, 1.807) is 31.2 Å². The van der Waals surface area contributed by atoms with Gasteiger partial charge in [0, 0.05) is 15.6 Å². The molecule has 0 saturated heterocycles. The molecule has 0 aliphatic carbocycles. The van der Waals surface area contributed by atoms with Crippen LogP contribution in [0.2, 0.25) is 5.02 Å². The van der Waals surface area contributed by atoms with Crippen LogP contribution in [0.3, 0.4) is 0 Å². The number of ether oxygens (including phenoxy) is 1. The van der Waals surface area contributed by atoms with E-state index >= 15 is 0 Å². The molecule has 6 heteroatoms. The first-order chi connectivity index (χ1) is 9.51. The van der Waals surface area contributed by atoms with E-state index in [-0.39, 0.29) is 0 Å². The molecule has 106 valence electrons. The highest BCUT2D eigenvalue weighted by Gasteiger charge is 2.15. The zero-order valence-electron chi connectivity index (χ0n) is 11.1. The summed E-state index contributed by atoms with van der Waals surface area (Å²) >= 11 is 7.44. The van der Waals surface area contributed by atoms with Gasteiger partial charge in [-0.2, -0.15) is 0 Å². The summed E-state index contributed by atoms with van der Waals surface area (Å²) in [6.45, 7) is 1.73. The number of anilines is 1. The topological polar surface area (TPSA) is 65.5 Å². The predicted molar refractivity (Wildman–Crippen MR) is 80.2 cm³/mol. The van der Waals surface area contributed by atoms with Crippen LogP contribution in [0.5, 0.6) is 0 Å². The van der Waals surface area contributed by atoms with E-state index < -0.39 is 5.97 Å². The average molecular weight is 312 g/mol. The third-order valence-electron chi connectivity index (χ3n) is 2.72. The molecular weight excluding hydrogens is 298 g/mol. The van der Waals surface area contributed by atoms with Gasteiger partial charge >= 0.3 is 5.97 Å². The molecule has 0 radical (unpaired) electrons. The summed E-state index contributed by atoms with van der Waals surface area (Å²) < 4.78 is 10.2. The van der Waals surface area contributed by atoms with Crippen LogP contribution in [0, 0.1) is 6.92 Å². The first-order valence-electron chi connectivity index (χ1n) is 5.86. The first kappa shape index (κ1) is 14.8. The highest BCUT2D eigenvalue weighted by atomic mass is 35.5. The van der Waals surface area contributed by atoms with E-state index in [2.05, 4.69) is 4.74 Å². The monoisotopic (exact) mass is 311 g/mol. The molecule has 0 saturated carbocycles. The van der Waals surface area contributed by atoms with E-state index in [0.717, 1.165) is 4.90 Å². The van der Waals surface area contributed by atoms with Gasteiger partial charge in [-0.05, 0) is 31.2 Å². The van der Waals surface area contributed by atoms with E-state index in [1.165, 1.54) is 18.9 Å². The highest BCUT2D eigenvalue weighted by molar-refractivity contribution is 7.98. The second-order valence-corrected chi connectivity index (χ2v) is 5.60. The summed E-state index contributed by atoms with van der Waals surface area (Å²) in [6.07, 6.45) is 0. The molecule has 0 atom stereocenters. The van der Waals surface area contributed by atoms with Crippen molar-refractivity contribution in [3.05, 3.63) is 46.4 Å². The van der Waals surface area contributed by atoms with Gasteiger partial charge < -0.3 is 14.9 Å². The standard InChI is InChI=1S/C14H14ClNO3S/c1-8-11(14(17)18-2)6-10(19-8)7-20-13-5-9(15)3-4-12(13)16/h3-6H,7,16H2,1-2H3. The normalized spacial score (nSPS) is 10.6. The number of rotatable bonds is 4. The van der Waals surface area contributed by atoms with Crippen molar-refractivity contribution in [1.29, 1.82) is 0 Å². The quantitative estimate of drug-likeness (QED) is 0.527. The van der Waals surface area contributed by atoms with Crippen molar-refractivity contribution in [2.24, 2.45) is 0 Å². The van der Waals surface area contributed by atoms with Gasteiger partial charge in [-0.3, -0.25) is 0 Å². The molecule has 20 heavy (non-hydrogen) atoms. The number of furan rings is 1. The van der Waals surface area contributed by atoms with Gasteiger partial charge in [0.1, 0.15) is 17.1 Å². The van der Waals surface area contributed by atoms with Gasteiger partial charge in [0.05, 0.1) is 12.9 Å². The molecule has 0 amide bonds. The number of esters is 1. The van der Waals surface area contributed by atoms with Crippen LogP contribution in [-0.2, 0) is 10.5 Å². The molecule has 0 fully saturated rings. The van der Waals surface area contributed by atoms with Crippen molar-refractivity contribution in [2.45, 2.75) is 17.6 Å². The fraction of sp³-hybridized carbons (Fsp3) is 0.214. The van der Waals surface area contributed by atoms with Crippen LogP contribution in [-0.4, -0.2) is 13.1 Å². The van der Waals surface area contributed by atoms with Gasteiger partial charge in [-0.15, -0.1) is 11.8 Å². The number of aryl methyl sites for hydroxylation is 1. The molecule has 1 aromatic heterocycles. The largest absolute Gasteiger partial charge is 0.465 e. The Morgan fingerprint density at radius 3 is 2.90 bits per heavy atom. The number of carbonyl (C=O) groups is 1. The molecule has 2 N–H and O–H groups in total. The van der Waals surface area contributed by atoms with Crippen LogP contribution in [0.25, 0.3) is 0 Å². The lowest BCUT2D eigenvalue weighted by Crippen LogP contribution is -2.00. The lowest BCUT2D eigenvalue weighted by Gasteiger charge is -2.04. The second-order valence-electron chi connectivity index (χ2n) is 4.14. The summed E-state index contributed by atoms with van der Waals surface area (Å²) in [5, 5.41) is 0.632. The van der Waals surface area contributed by atoms with Crippen molar-refractivity contribution >= 4 is 35.0 Å². The summed E-state index contributed by atoms with van der Waals surface area (Å²) in [5.41, 5.74) is 6.98. The summed E-state index contributed by atoms with van der Waals surface area (Å²) in [5.74, 6) is 1.39. The highest BCUT2D eigenvalue weighted by Crippen LogP contribution is 2.31. The average Bonchev–Trinajstić information content (AvgIpc) is 2.80. The van der Waals surface area contributed by atoms with E-state index in [4.69, 9.17) is 21.8 Å². The number of hydrogen-bond donors (Lipinski definition) is 1. The van der Waals surface area contributed by atoms with Crippen molar-refractivity contribution < 1.29 is 13.9 Å². The number of halogens is 1. The lowest BCUT2D eigenvalue weighted by atomic mass is 10.2. The van der Waals surface area contributed by atoms with Crippen LogP contribution in [0.1, 0.15) is 21.9 Å². The number of hydrogen-bond acceptors (Lipinski definition) is 5. The summed E-state index contributed by atoms with van der Waals surface area (Å²) in [6, 6.07) is 7.00.